The van der Waals surface area contributed by atoms with Gasteiger partial charge in [0.2, 0.25) is 0 Å². The highest BCUT2D eigenvalue weighted by atomic mass is 16.3. The predicted octanol–water partition coefficient (Wildman–Crippen LogP) is 3.60. The maximum absolute atomic E-state index is 11.3. The van der Waals surface area contributed by atoms with Crippen LogP contribution in [0, 0.1) is 0 Å². The molecule has 96 valence electrons. The minimum absolute atomic E-state index is 0.979. The number of allylic oxidation sites excluding steroid dienone is 1. The lowest BCUT2D eigenvalue weighted by Crippen LogP contribution is -2.26. The quantitative estimate of drug-likeness (QED) is 0.767. The fourth-order valence-corrected chi connectivity index (χ4v) is 3.06. The van der Waals surface area contributed by atoms with Gasteiger partial charge in [-0.05, 0) is 48.1 Å². The lowest BCUT2D eigenvalue weighted by atomic mass is 9.83. The molecule has 0 radical (unpaired) electrons. The minimum Gasteiger partial charge on any atom is -0.377 e. The molecule has 0 amide bonds. The van der Waals surface area contributed by atoms with E-state index < -0.39 is 5.60 Å². The van der Waals surface area contributed by atoms with E-state index in [9.17, 15) is 5.11 Å². The number of aliphatic hydroxyl groups is 1. The van der Waals surface area contributed by atoms with E-state index in [0.29, 0.717) is 0 Å². The summed E-state index contributed by atoms with van der Waals surface area (Å²) in [6.07, 6.45) is 5.79. The molecule has 0 bridgehead atoms. The fourth-order valence-electron chi connectivity index (χ4n) is 3.06. The van der Waals surface area contributed by atoms with E-state index in [-0.39, 0.29) is 0 Å². The van der Waals surface area contributed by atoms with Crippen molar-refractivity contribution in [2.45, 2.75) is 25.4 Å². The standard InChI is InChI=1S/C18H18O/c1-2-13-18(19)16-9-5-3-7-14(16)11-12-15-8-4-6-10-17(15)18/h2-10,13,19H,11-12H2,1H3/b13-2+. The zero-order valence-electron chi connectivity index (χ0n) is 11.1. The van der Waals surface area contributed by atoms with Crippen molar-refractivity contribution in [3.8, 4) is 0 Å². The van der Waals surface area contributed by atoms with Crippen LogP contribution in [0.2, 0.25) is 0 Å². The first-order valence-electron chi connectivity index (χ1n) is 6.78. The van der Waals surface area contributed by atoms with Crippen molar-refractivity contribution in [3.05, 3.63) is 82.9 Å². The predicted molar refractivity (Wildman–Crippen MR) is 78.1 cm³/mol. The van der Waals surface area contributed by atoms with Crippen LogP contribution in [0.1, 0.15) is 29.2 Å². The van der Waals surface area contributed by atoms with Gasteiger partial charge in [0.15, 0.2) is 0 Å². The molecule has 0 fully saturated rings. The Labute approximate surface area is 114 Å². The van der Waals surface area contributed by atoms with E-state index in [0.717, 1.165) is 24.0 Å². The van der Waals surface area contributed by atoms with Gasteiger partial charge >= 0.3 is 0 Å². The average molecular weight is 250 g/mol. The summed E-state index contributed by atoms with van der Waals surface area (Å²) in [4.78, 5) is 0. The van der Waals surface area contributed by atoms with Gasteiger partial charge in [-0.2, -0.15) is 0 Å². The summed E-state index contributed by atoms with van der Waals surface area (Å²) in [5.74, 6) is 0. The Kier molecular flexibility index (Phi) is 3.00. The summed E-state index contributed by atoms with van der Waals surface area (Å²) in [5.41, 5.74) is 3.49. The SMILES string of the molecule is C/C=C/C1(O)c2ccccc2CCc2ccccc21. The smallest absolute Gasteiger partial charge is 0.134 e. The molecule has 2 aromatic carbocycles. The van der Waals surface area contributed by atoms with E-state index in [4.69, 9.17) is 0 Å². The maximum atomic E-state index is 11.3. The van der Waals surface area contributed by atoms with E-state index in [1.807, 2.05) is 55.5 Å². The number of aryl methyl sites for hydroxylation is 2. The second kappa shape index (κ2) is 4.67. The molecule has 0 aromatic heterocycles. The van der Waals surface area contributed by atoms with Crippen LogP contribution in [-0.2, 0) is 18.4 Å². The maximum Gasteiger partial charge on any atom is 0.134 e. The minimum atomic E-state index is -1.00. The largest absolute Gasteiger partial charge is 0.377 e. The van der Waals surface area contributed by atoms with Crippen molar-refractivity contribution in [3.63, 3.8) is 0 Å². The summed E-state index contributed by atoms with van der Waals surface area (Å²) < 4.78 is 0. The van der Waals surface area contributed by atoms with Crippen molar-refractivity contribution in [1.29, 1.82) is 0 Å². The molecule has 1 heteroatoms. The highest BCUT2D eigenvalue weighted by Crippen LogP contribution is 2.38. The monoisotopic (exact) mass is 250 g/mol. The van der Waals surface area contributed by atoms with Crippen molar-refractivity contribution < 1.29 is 5.11 Å². The summed E-state index contributed by atoms with van der Waals surface area (Å²) in [6, 6.07) is 16.4. The van der Waals surface area contributed by atoms with Crippen molar-refractivity contribution in [2.24, 2.45) is 0 Å². The van der Waals surface area contributed by atoms with Crippen LogP contribution in [0.25, 0.3) is 0 Å². The first kappa shape index (κ1) is 12.2. The molecule has 0 saturated heterocycles. The molecule has 0 unspecified atom stereocenters. The van der Waals surface area contributed by atoms with Gasteiger partial charge in [-0.1, -0.05) is 54.6 Å². The molecule has 19 heavy (non-hydrogen) atoms. The van der Waals surface area contributed by atoms with E-state index in [1.165, 1.54) is 11.1 Å². The zero-order chi connectivity index (χ0) is 13.3. The first-order chi connectivity index (χ1) is 9.25. The summed E-state index contributed by atoms with van der Waals surface area (Å²) in [6.45, 7) is 1.95. The Bertz CT molecular complexity index is 578. The molecular formula is C18H18O. The average Bonchev–Trinajstić information content (AvgIpc) is 2.57. The van der Waals surface area contributed by atoms with Gasteiger partial charge < -0.3 is 5.11 Å². The Balaban J connectivity index is 2.31. The van der Waals surface area contributed by atoms with Gasteiger partial charge in [0.25, 0.3) is 0 Å². The van der Waals surface area contributed by atoms with Gasteiger partial charge in [0.1, 0.15) is 5.60 Å². The lowest BCUT2D eigenvalue weighted by molar-refractivity contribution is 0.133. The molecule has 1 nitrogen and oxygen atoms in total. The molecule has 1 aliphatic carbocycles. The van der Waals surface area contributed by atoms with Crippen molar-refractivity contribution in [2.75, 3.05) is 0 Å². The Morgan fingerprint density at radius 3 is 1.84 bits per heavy atom. The second-order valence-electron chi connectivity index (χ2n) is 5.08. The number of fused-ring (bicyclic) bond motifs is 2. The molecule has 1 aliphatic rings. The third-order valence-corrected chi connectivity index (χ3v) is 3.93. The molecule has 0 aliphatic heterocycles. The lowest BCUT2D eigenvalue weighted by Gasteiger charge is -2.27. The third-order valence-electron chi connectivity index (χ3n) is 3.93. The van der Waals surface area contributed by atoms with Crippen molar-refractivity contribution >= 4 is 0 Å². The summed E-state index contributed by atoms with van der Waals surface area (Å²) >= 11 is 0. The molecule has 1 N–H and O–H groups in total. The number of benzene rings is 2. The molecule has 0 saturated carbocycles. The molecular weight excluding hydrogens is 232 g/mol. The van der Waals surface area contributed by atoms with E-state index in [2.05, 4.69) is 12.1 Å². The van der Waals surface area contributed by atoms with E-state index in [1.54, 1.807) is 0 Å². The Hall–Kier alpha value is -1.86. The van der Waals surface area contributed by atoms with Crippen LogP contribution in [0.3, 0.4) is 0 Å². The van der Waals surface area contributed by atoms with Gasteiger partial charge in [0.05, 0.1) is 0 Å². The highest BCUT2D eigenvalue weighted by molar-refractivity contribution is 5.50. The number of rotatable bonds is 1. The van der Waals surface area contributed by atoms with Crippen LogP contribution in [0.15, 0.2) is 60.7 Å². The molecule has 0 spiro atoms. The normalized spacial score (nSPS) is 16.7. The second-order valence-corrected chi connectivity index (χ2v) is 5.08. The Morgan fingerprint density at radius 1 is 0.895 bits per heavy atom. The highest BCUT2D eigenvalue weighted by Gasteiger charge is 2.34. The molecule has 2 aromatic rings. The van der Waals surface area contributed by atoms with Gasteiger partial charge in [-0.15, -0.1) is 0 Å². The number of hydrogen-bond acceptors (Lipinski definition) is 1. The summed E-state index contributed by atoms with van der Waals surface area (Å²) in [5, 5.41) is 11.3. The summed E-state index contributed by atoms with van der Waals surface area (Å²) in [7, 11) is 0. The first-order valence-corrected chi connectivity index (χ1v) is 6.78. The van der Waals surface area contributed by atoms with Crippen LogP contribution >= 0.6 is 0 Å². The van der Waals surface area contributed by atoms with E-state index >= 15 is 0 Å². The van der Waals surface area contributed by atoms with Gasteiger partial charge in [0, 0.05) is 0 Å². The third kappa shape index (κ3) is 1.91. The Morgan fingerprint density at radius 2 is 1.37 bits per heavy atom. The number of hydrogen-bond donors (Lipinski definition) is 1. The van der Waals surface area contributed by atoms with Crippen LogP contribution in [0.5, 0.6) is 0 Å². The molecule has 0 heterocycles. The topological polar surface area (TPSA) is 20.2 Å². The fraction of sp³-hybridized carbons (Fsp3) is 0.222. The van der Waals surface area contributed by atoms with Gasteiger partial charge in [-0.25, -0.2) is 0 Å². The van der Waals surface area contributed by atoms with Crippen LogP contribution in [0.4, 0.5) is 0 Å². The molecule has 3 rings (SSSR count). The van der Waals surface area contributed by atoms with Gasteiger partial charge in [-0.3, -0.25) is 0 Å². The van der Waals surface area contributed by atoms with Crippen LogP contribution in [-0.4, -0.2) is 5.11 Å². The zero-order valence-corrected chi connectivity index (χ0v) is 11.1. The van der Waals surface area contributed by atoms with Crippen molar-refractivity contribution in [1.82, 2.24) is 0 Å². The molecule has 0 atom stereocenters. The van der Waals surface area contributed by atoms with Crippen LogP contribution < -0.4 is 0 Å².